The molecule has 0 unspecified atom stereocenters. The minimum atomic E-state index is -0.276. The lowest BCUT2D eigenvalue weighted by molar-refractivity contribution is -0.119. The molecule has 1 fully saturated rings. The third kappa shape index (κ3) is 5.23. The van der Waals surface area contributed by atoms with Crippen molar-refractivity contribution in [2.24, 2.45) is 0 Å². The second kappa shape index (κ2) is 11.3. The monoisotopic (exact) mass is 541 g/mol. The summed E-state index contributed by atoms with van der Waals surface area (Å²) in [5.41, 5.74) is 6.78. The summed E-state index contributed by atoms with van der Waals surface area (Å²) in [6, 6.07) is 21.7. The lowest BCUT2D eigenvalue weighted by Crippen LogP contribution is -2.30. The van der Waals surface area contributed by atoms with E-state index in [0.717, 1.165) is 22.8 Å². The second-order valence-corrected chi connectivity index (χ2v) is 9.82. The Hall–Kier alpha value is -4.21. The van der Waals surface area contributed by atoms with Crippen molar-refractivity contribution in [3.63, 3.8) is 0 Å². The molecule has 0 radical (unpaired) electrons. The number of carbonyl (C=O) groups excluding carboxylic acids is 1. The highest BCUT2D eigenvalue weighted by molar-refractivity contribution is 7.80. The molecule has 0 bridgehead atoms. The van der Waals surface area contributed by atoms with E-state index in [1.165, 1.54) is 18.2 Å². The SMILES string of the molecule is COCC(=O)Nc1cc(N2C(=S)N[C@H](c3ccccn3)[C@@H]2c2cccn2-c2ccc(C)c(C)c2)ccc1OC. The number of nitrogens with one attached hydrogen (secondary N) is 2. The van der Waals surface area contributed by atoms with Gasteiger partial charge in [-0.1, -0.05) is 12.1 Å². The summed E-state index contributed by atoms with van der Waals surface area (Å²) >= 11 is 5.92. The molecular weight excluding hydrogens is 510 g/mol. The van der Waals surface area contributed by atoms with Gasteiger partial charge in [-0.15, -0.1) is 0 Å². The Morgan fingerprint density at radius 3 is 2.56 bits per heavy atom. The van der Waals surface area contributed by atoms with Gasteiger partial charge in [-0.05, 0) is 91.8 Å². The Bertz CT molecular complexity index is 1500. The molecule has 1 saturated heterocycles. The van der Waals surface area contributed by atoms with Gasteiger partial charge in [0, 0.05) is 36.6 Å². The number of carbonyl (C=O) groups is 1. The number of amides is 1. The van der Waals surface area contributed by atoms with Gasteiger partial charge in [0.25, 0.3) is 0 Å². The first kappa shape index (κ1) is 26.4. The largest absolute Gasteiger partial charge is 0.495 e. The standard InChI is InChI=1S/C30H31N5O3S/c1-19-10-11-21(16-20(19)2)34-15-7-9-25(34)29-28(23-8-5-6-14-31-23)33-30(39)35(29)22-12-13-26(38-4)24(17-22)32-27(36)18-37-3/h5-17,28-29H,18H2,1-4H3,(H,32,36)(H,33,39)/t28-,29+/m1/s1. The summed E-state index contributed by atoms with van der Waals surface area (Å²) in [5.74, 6) is 0.263. The Morgan fingerprint density at radius 2 is 1.85 bits per heavy atom. The molecule has 4 aromatic rings. The highest BCUT2D eigenvalue weighted by Crippen LogP contribution is 2.43. The van der Waals surface area contributed by atoms with Gasteiger partial charge in [0.15, 0.2) is 5.11 Å². The Labute approximate surface area is 233 Å². The third-order valence-electron chi connectivity index (χ3n) is 6.96. The molecule has 0 spiro atoms. The quantitative estimate of drug-likeness (QED) is 0.295. The molecule has 0 saturated carbocycles. The van der Waals surface area contributed by atoms with Crippen LogP contribution in [0.1, 0.15) is 34.6 Å². The van der Waals surface area contributed by atoms with E-state index in [2.05, 4.69) is 69.4 Å². The number of ether oxygens (including phenoxy) is 2. The Kier molecular flexibility index (Phi) is 7.63. The zero-order chi connectivity index (χ0) is 27.5. The maximum absolute atomic E-state index is 12.4. The van der Waals surface area contributed by atoms with E-state index in [4.69, 9.17) is 21.7 Å². The van der Waals surface area contributed by atoms with Crippen molar-refractivity contribution in [3.05, 3.63) is 102 Å². The zero-order valence-electron chi connectivity index (χ0n) is 22.3. The van der Waals surface area contributed by atoms with Gasteiger partial charge >= 0.3 is 0 Å². The average Bonchev–Trinajstić information content (AvgIpc) is 3.55. The number of aryl methyl sites for hydroxylation is 2. The van der Waals surface area contributed by atoms with Crippen LogP contribution in [0.3, 0.4) is 0 Å². The third-order valence-corrected chi connectivity index (χ3v) is 7.28. The normalized spacial score (nSPS) is 16.7. The van der Waals surface area contributed by atoms with E-state index in [9.17, 15) is 4.79 Å². The van der Waals surface area contributed by atoms with E-state index in [1.807, 2.05) is 42.5 Å². The van der Waals surface area contributed by atoms with Crippen LogP contribution < -0.4 is 20.3 Å². The molecule has 2 atom stereocenters. The smallest absolute Gasteiger partial charge is 0.250 e. The van der Waals surface area contributed by atoms with Crippen molar-refractivity contribution < 1.29 is 14.3 Å². The summed E-state index contributed by atoms with van der Waals surface area (Å²) in [6.07, 6.45) is 3.86. The molecule has 0 aliphatic carbocycles. The molecule has 1 amide bonds. The van der Waals surface area contributed by atoms with Crippen LogP contribution in [0.15, 0.2) is 79.1 Å². The molecule has 1 aliphatic rings. The van der Waals surface area contributed by atoms with Gasteiger partial charge < -0.3 is 29.6 Å². The average molecular weight is 542 g/mol. The topological polar surface area (TPSA) is 80.7 Å². The van der Waals surface area contributed by atoms with Crippen LogP contribution >= 0.6 is 12.2 Å². The maximum Gasteiger partial charge on any atom is 0.250 e. The lowest BCUT2D eigenvalue weighted by atomic mass is 10.0. The lowest BCUT2D eigenvalue weighted by Gasteiger charge is -2.29. The molecule has 3 heterocycles. The number of hydrogen-bond donors (Lipinski definition) is 2. The highest BCUT2D eigenvalue weighted by atomic mass is 32.1. The first-order valence-electron chi connectivity index (χ1n) is 12.6. The van der Waals surface area contributed by atoms with E-state index in [-0.39, 0.29) is 24.6 Å². The first-order valence-corrected chi connectivity index (χ1v) is 13.0. The number of thiocarbonyl (C=S) groups is 1. The van der Waals surface area contributed by atoms with E-state index in [1.54, 1.807) is 13.3 Å². The minimum absolute atomic E-state index is 0.0646. The molecule has 39 heavy (non-hydrogen) atoms. The highest BCUT2D eigenvalue weighted by Gasteiger charge is 2.42. The molecule has 2 aromatic heterocycles. The van der Waals surface area contributed by atoms with E-state index in [0.29, 0.717) is 16.5 Å². The van der Waals surface area contributed by atoms with Crippen molar-refractivity contribution in [1.82, 2.24) is 14.9 Å². The number of aromatic nitrogens is 2. The molecule has 1 aliphatic heterocycles. The Morgan fingerprint density at radius 1 is 1.03 bits per heavy atom. The first-order chi connectivity index (χ1) is 18.9. The van der Waals surface area contributed by atoms with Crippen LogP contribution in [0, 0.1) is 13.8 Å². The van der Waals surface area contributed by atoms with Crippen molar-refractivity contribution in [3.8, 4) is 11.4 Å². The summed E-state index contributed by atoms with van der Waals surface area (Å²) in [7, 11) is 3.05. The van der Waals surface area contributed by atoms with E-state index < -0.39 is 0 Å². The predicted molar refractivity (Wildman–Crippen MR) is 157 cm³/mol. The van der Waals surface area contributed by atoms with Gasteiger partial charge in [-0.2, -0.15) is 0 Å². The van der Waals surface area contributed by atoms with Gasteiger partial charge in [-0.25, -0.2) is 0 Å². The predicted octanol–water partition coefficient (Wildman–Crippen LogP) is 5.26. The number of nitrogens with zero attached hydrogens (tertiary/aromatic N) is 3. The van der Waals surface area contributed by atoms with Crippen LogP contribution in [0.5, 0.6) is 5.75 Å². The number of pyridine rings is 1. The van der Waals surface area contributed by atoms with Crippen LogP contribution in [0.2, 0.25) is 0 Å². The van der Waals surface area contributed by atoms with Crippen molar-refractivity contribution in [2.75, 3.05) is 31.0 Å². The molecule has 8 nitrogen and oxygen atoms in total. The van der Waals surface area contributed by atoms with Crippen LogP contribution in [-0.4, -0.2) is 41.4 Å². The number of rotatable bonds is 8. The molecule has 200 valence electrons. The summed E-state index contributed by atoms with van der Waals surface area (Å²) in [6.45, 7) is 4.17. The maximum atomic E-state index is 12.4. The van der Waals surface area contributed by atoms with Crippen molar-refractivity contribution >= 4 is 34.6 Å². The summed E-state index contributed by atoms with van der Waals surface area (Å²) in [5, 5.41) is 6.95. The molecular formula is C30H31N5O3S. The van der Waals surface area contributed by atoms with Crippen LogP contribution in [-0.2, 0) is 9.53 Å². The molecule has 2 N–H and O–H groups in total. The minimum Gasteiger partial charge on any atom is -0.495 e. The molecule has 9 heteroatoms. The summed E-state index contributed by atoms with van der Waals surface area (Å²) < 4.78 is 12.7. The number of methoxy groups -OCH3 is 2. The fraction of sp³-hybridized carbons (Fsp3) is 0.233. The van der Waals surface area contributed by atoms with Gasteiger partial charge in [0.1, 0.15) is 18.4 Å². The van der Waals surface area contributed by atoms with Crippen LogP contribution in [0.25, 0.3) is 5.69 Å². The van der Waals surface area contributed by atoms with Crippen molar-refractivity contribution in [2.45, 2.75) is 25.9 Å². The Balaban J connectivity index is 1.63. The van der Waals surface area contributed by atoms with Gasteiger partial charge in [0.2, 0.25) is 5.91 Å². The fourth-order valence-electron chi connectivity index (χ4n) is 4.94. The molecule has 5 rings (SSSR count). The van der Waals surface area contributed by atoms with Crippen LogP contribution in [0.4, 0.5) is 11.4 Å². The van der Waals surface area contributed by atoms with E-state index >= 15 is 0 Å². The summed E-state index contributed by atoms with van der Waals surface area (Å²) in [4.78, 5) is 19.1. The van der Waals surface area contributed by atoms with Gasteiger partial charge in [-0.3, -0.25) is 9.78 Å². The van der Waals surface area contributed by atoms with Gasteiger partial charge in [0.05, 0.1) is 24.5 Å². The number of anilines is 2. The zero-order valence-corrected chi connectivity index (χ0v) is 23.2. The number of benzene rings is 2. The fourth-order valence-corrected chi connectivity index (χ4v) is 5.29. The second-order valence-electron chi connectivity index (χ2n) is 9.43. The number of hydrogen-bond acceptors (Lipinski definition) is 5. The van der Waals surface area contributed by atoms with Crippen molar-refractivity contribution in [1.29, 1.82) is 0 Å². The molecule has 2 aromatic carbocycles.